The average molecular weight is 471 g/mol. The summed E-state index contributed by atoms with van der Waals surface area (Å²) in [5.41, 5.74) is 2.12. The van der Waals surface area contributed by atoms with Gasteiger partial charge in [-0.1, -0.05) is 59.1 Å². The summed E-state index contributed by atoms with van der Waals surface area (Å²) in [4.78, 5) is 36.2. The molecule has 158 valence electrons. The number of carbonyl (C=O) groups excluding carboxylic acids is 2. The quantitative estimate of drug-likeness (QED) is 0.515. The lowest BCUT2D eigenvalue weighted by Gasteiger charge is -2.18. The zero-order valence-electron chi connectivity index (χ0n) is 15.5. The van der Waals surface area contributed by atoms with Crippen LogP contribution in [0.15, 0.2) is 36.4 Å². The van der Waals surface area contributed by atoms with E-state index in [2.05, 4.69) is 16.0 Å². The summed E-state index contributed by atoms with van der Waals surface area (Å²) in [6.07, 6.45) is 1.62. The molecule has 0 bridgehead atoms. The normalized spacial score (nSPS) is 15.8. The van der Waals surface area contributed by atoms with Crippen LogP contribution < -0.4 is 16.0 Å². The van der Waals surface area contributed by atoms with Crippen LogP contribution >= 0.6 is 34.8 Å². The number of carbonyl (C=O) groups is 3. The highest BCUT2D eigenvalue weighted by Crippen LogP contribution is 2.30. The van der Waals surface area contributed by atoms with Crippen LogP contribution in [0.5, 0.6) is 0 Å². The lowest BCUT2D eigenvalue weighted by atomic mass is 10.1. The minimum Gasteiger partial charge on any atom is -0.480 e. The Labute approximate surface area is 187 Å². The smallest absolute Gasteiger partial charge is 0.328 e. The molecule has 4 N–H and O–H groups in total. The molecule has 0 fully saturated rings. The maximum absolute atomic E-state index is 12.5. The standard InChI is InChI=1S/C20H18Cl3N3O4/c21-11-7-13(22)17(14(23)8-11)18(27)25-16(19(28)29)9-24-20(30)26-15-6-5-10-3-1-2-4-12(10)15/h1-4,7-8,15-16H,5-6,9H2,(H,25,27)(H,28,29)(H2,24,26,30)/t15-,16+/m1/s1. The van der Waals surface area contributed by atoms with Crippen molar-refractivity contribution in [2.75, 3.05) is 6.54 Å². The van der Waals surface area contributed by atoms with Gasteiger partial charge in [0.15, 0.2) is 0 Å². The second-order valence-electron chi connectivity index (χ2n) is 6.75. The highest BCUT2D eigenvalue weighted by molar-refractivity contribution is 6.42. The van der Waals surface area contributed by atoms with Crippen molar-refractivity contribution >= 4 is 52.7 Å². The number of benzene rings is 2. The molecule has 0 radical (unpaired) electrons. The Bertz CT molecular complexity index is 976. The highest BCUT2D eigenvalue weighted by Gasteiger charge is 2.26. The second kappa shape index (κ2) is 9.55. The fourth-order valence-electron chi connectivity index (χ4n) is 3.30. The fourth-order valence-corrected chi connectivity index (χ4v) is 4.29. The highest BCUT2D eigenvalue weighted by atomic mass is 35.5. The van der Waals surface area contributed by atoms with Crippen LogP contribution in [0.1, 0.15) is 33.9 Å². The van der Waals surface area contributed by atoms with E-state index < -0.39 is 23.9 Å². The largest absolute Gasteiger partial charge is 0.480 e. The predicted octanol–water partition coefficient (Wildman–Crippen LogP) is 3.82. The van der Waals surface area contributed by atoms with Crippen LogP contribution in [-0.2, 0) is 11.2 Å². The van der Waals surface area contributed by atoms with Gasteiger partial charge in [-0.15, -0.1) is 0 Å². The van der Waals surface area contributed by atoms with E-state index in [-0.39, 0.29) is 33.2 Å². The van der Waals surface area contributed by atoms with E-state index >= 15 is 0 Å². The zero-order valence-corrected chi connectivity index (χ0v) is 17.8. The van der Waals surface area contributed by atoms with Crippen molar-refractivity contribution in [2.24, 2.45) is 0 Å². The summed E-state index contributed by atoms with van der Waals surface area (Å²) in [5, 5.41) is 17.2. The third kappa shape index (κ3) is 5.16. The van der Waals surface area contributed by atoms with E-state index in [1.807, 2.05) is 24.3 Å². The van der Waals surface area contributed by atoms with Crippen molar-refractivity contribution < 1.29 is 19.5 Å². The minimum atomic E-state index is -1.39. The molecule has 2 aromatic rings. The molecule has 1 aliphatic carbocycles. The summed E-state index contributed by atoms with van der Waals surface area (Å²) in [6.45, 7) is -0.329. The van der Waals surface area contributed by atoms with Gasteiger partial charge in [-0.25, -0.2) is 9.59 Å². The van der Waals surface area contributed by atoms with Crippen LogP contribution in [-0.4, -0.2) is 35.6 Å². The number of halogens is 3. The first-order valence-electron chi connectivity index (χ1n) is 9.06. The van der Waals surface area contributed by atoms with Crippen molar-refractivity contribution in [3.8, 4) is 0 Å². The van der Waals surface area contributed by atoms with Crippen molar-refractivity contribution in [3.05, 3.63) is 68.2 Å². The molecular formula is C20H18Cl3N3O4. The Kier molecular flexibility index (Phi) is 7.07. The van der Waals surface area contributed by atoms with Gasteiger partial charge in [0.25, 0.3) is 5.91 Å². The van der Waals surface area contributed by atoms with Gasteiger partial charge in [-0.05, 0) is 36.1 Å². The van der Waals surface area contributed by atoms with Gasteiger partial charge in [-0.2, -0.15) is 0 Å². The number of hydrogen-bond donors (Lipinski definition) is 4. The van der Waals surface area contributed by atoms with E-state index in [9.17, 15) is 19.5 Å². The molecule has 0 aliphatic heterocycles. The van der Waals surface area contributed by atoms with E-state index in [1.54, 1.807) is 0 Å². The third-order valence-corrected chi connectivity index (χ3v) is 5.56. The molecule has 0 spiro atoms. The number of nitrogens with one attached hydrogen (secondary N) is 3. The van der Waals surface area contributed by atoms with Gasteiger partial charge in [0.05, 0.1) is 28.2 Å². The van der Waals surface area contributed by atoms with Crippen molar-refractivity contribution in [1.29, 1.82) is 0 Å². The zero-order chi connectivity index (χ0) is 21.8. The van der Waals surface area contributed by atoms with Gasteiger partial charge in [0, 0.05) is 5.02 Å². The molecule has 0 saturated heterocycles. The number of hydrogen-bond acceptors (Lipinski definition) is 3. The lowest BCUT2D eigenvalue weighted by molar-refractivity contribution is -0.139. The number of aliphatic carboxylic acids is 1. The van der Waals surface area contributed by atoms with E-state index in [4.69, 9.17) is 34.8 Å². The molecule has 2 atom stereocenters. The molecule has 7 nitrogen and oxygen atoms in total. The SMILES string of the molecule is O=C(NC[C@H](NC(=O)c1c(Cl)cc(Cl)cc1Cl)C(=O)O)N[C@@H]1CCc2ccccc21. The third-order valence-electron chi connectivity index (χ3n) is 4.74. The van der Waals surface area contributed by atoms with Crippen LogP contribution in [0.2, 0.25) is 15.1 Å². The first kappa shape index (κ1) is 22.2. The number of urea groups is 1. The number of carboxylic acid groups (broad SMARTS) is 1. The molecule has 0 aromatic heterocycles. The molecule has 3 amide bonds. The fraction of sp³-hybridized carbons (Fsp3) is 0.250. The Morgan fingerprint density at radius 2 is 1.77 bits per heavy atom. The van der Waals surface area contributed by atoms with E-state index in [0.29, 0.717) is 0 Å². The topological polar surface area (TPSA) is 108 Å². The minimum absolute atomic E-state index is 0.0141. The van der Waals surface area contributed by atoms with Crippen LogP contribution in [0.4, 0.5) is 4.79 Å². The Morgan fingerprint density at radius 3 is 2.43 bits per heavy atom. The average Bonchev–Trinajstić information content (AvgIpc) is 3.07. The van der Waals surface area contributed by atoms with Crippen molar-refractivity contribution in [2.45, 2.75) is 24.9 Å². The lowest BCUT2D eigenvalue weighted by Crippen LogP contribution is -2.50. The van der Waals surface area contributed by atoms with Gasteiger partial charge in [-0.3, -0.25) is 4.79 Å². The molecule has 1 aliphatic rings. The van der Waals surface area contributed by atoms with E-state index in [0.717, 1.165) is 18.4 Å². The molecule has 0 unspecified atom stereocenters. The number of rotatable bonds is 6. The summed E-state index contributed by atoms with van der Waals surface area (Å²) < 4.78 is 0. The van der Waals surface area contributed by atoms with E-state index in [1.165, 1.54) is 17.7 Å². The number of aryl methyl sites for hydroxylation is 1. The second-order valence-corrected chi connectivity index (χ2v) is 8.00. The maximum atomic E-state index is 12.5. The molecule has 30 heavy (non-hydrogen) atoms. The predicted molar refractivity (Wildman–Crippen MR) is 114 cm³/mol. The molecule has 0 heterocycles. The summed E-state index contributed by atoms with van der Waals surface area (Å²) in [7, 11) is 0. The molecule has 10 heteroatoms. The van der Waals surface area contributed by atoms with Crippen molar-refractivity contribution in [3.63, 3.8) is 0 Å². The van der Waals surface area contributed by atoms with Crippen LogP contribution in [0.3, 0.4) is 0 Å². The van der Waals surface area contributed by atoms with Gasteiger partial charge >= 0.3 is 12.0 Å². The summed E-state index contributed by atoms with van der Waals surface area (Å²) in [6, 6.07) is 8.40. The molecule has 2 aromatic carbocycles. The number of carboxylic acids is 1. The molecule has 3 rings (SSSR count). The van der Waals surface area contributed by atoms with Gasteiger partial charge in [0.1, 0.15) is 6.04 Å². The first-order valence-corrected chi connectivity index (χ1v) is 10.2. The first-order chi connectivity index (χ1) is 14.3. The Hall–Kier alpha value is -2.48. The van der Waals surface area contributed by atoms with Gasteiger partial charge in [0.2, 0.25) is 0 Å². The van der Waals surface area contributed by atoms with Crippen LogP contribution in [0.25, 0.3) is 0 Å². The summed E-state index contributed by atoms with van der Waals surface area (Å²) in [5.74, 6) is -2.11. The van der Waals surface area contributed by atoms with Gasteiger partial charge < -0.3 is 21.1 Å². The monoisotopic (exact) mass is 469 g/mol. The number of amides is 3. The van der Waals surface area contributed by atoms with Crippen LogP contribution in [0, 0.1) is 0 Å². The van der Waals surface area contributed by atoms with Crippen molar-refractivity contribution in [1.82, 2.24) is 16.0 Å². The number of fused-ring (bicyclic) bond motifs is 1. The Morgan fingerprint density at radius 1 is 1.10 bits per heavy atom. The molecule has 0 saturated carbocycles. The maximum Gasteiger partial charge on any atom is 0.328 e. The molecular weight excluding hydrogens is 453 g/mol. The Balaban J connectivity index is 1.59. The summed E-state index contributed by atoms with van der Waals surface area (Å²) >= 11 is 17.8.